The van der Waals surface area contributed by atoms with Crippen molar-refractivity contribution in [1.29, 1.82) is 5.26 Å². The molecule has 0 aliphatic rings. The standard InChI is InChI=1S/C26H36N2O4.C4H10O/c1-19(2)26(18-27,21-9-11-23(30-4)25(17-21)32-6)13-7-14-28(3)15-12-20-8-10-22(29)24(16-20)31-5;1-2-3-4-5/h8-11,16-17,19,29H,7,12-15H2,1-6H3;5H,2-4H2,1H3. The van der Waals surface area contributed by atoms with Gasteiger partial charge >= 0.3 is 0 Å². The van der Waals surface area contributed by atoms with E-state index in [0.717, 1.165) is 56.3 Å². The molecule has 0 spiro atoms. The Kier molecular flexibility index (Phi) is 14.5. The van der Waals surface area contributed by atoms with Crippen LogP contribution in [0.2, 0.25) is 0 Å². The largest absolute Gasteiger partial charge is 0.504 e. The fraction of sp³-hybridized carbons (Fsp3) is 0.567. The third-order valence-corrected chi connectivity index (χ3v) is 6.73. The van der Waals surface area contributed by atoms with E-state index in [1.54, 1.807) is 27.4 Å². The van der Waals surface area contributed by atoms with Crippen molar-refractivity contribution in [2.75, 3.05) is 48.1 Å². The molecule has 0 fully saturated rings. The van der Waals surface area contributed by atoms with Gasteiger partial charge in [-0.15, -0.1) is 0 Å². The second-order valence-corrected chi connectivity index (χ2v) is 9.55. The number of aliphatic hydroxyl groups excluding tert-OH is 1. The Labute approximate surface area is 223 Å². The zero-order valence-corrected chi connectivity index (χ0v) is 23.7. The maximum Gasteiger partial charge on any atom is 0.161 e. The molecule has 0 radical (unpaired) electrons. The number of methoxy groups -OCH3 is 3. The van der Waals surface area contributed by atoms with Gasteiger partial charge in [-0.1, -0.05) is 39.3 Å². The minimum atomic E-state index is -0.593. The average molecular weight is 515 g/mol. The number of likely N-dealkylation sites (N-methyl/N-ethyl adjacent to an activating group) is 1. The number of unbranched alkanes of at least 4 members (excludes halogenated alkanes) is 1. The number of nitrogens with zero attached hydrogens (tertiary/aromatic N) is 2. The number of ether oxygens (including phenoxy) is 3. The number of nitriles is 1. The minimum Gasteiger partial charge on any atom is -0.504 e. The number of rotatable bonds is 14. The van der Waals surface area contributed by atoms with E-state index in [1.807, 2.05) is 30.3 Å². The molecule has 0 heterocycles. The van der Waals surface area contributed by atoms with Gasteiger partial charge in [0.1, 0.15) is 0 Å². The number of benzene rings is 2. The molecule has 7 nitrogen and oxygen atoms in total. The van der Waals surface area contributed by atoms with Crippen LogP contribution in [0.3, 0.4) is 0 Å². The molecule has 2 rings (SSSR count). The van der Waals surface area contributed by atoms with Gasteiger partial charge in [0, 0.05) is 13.2 Å². The third kappa shape index (κ3) is 9.46. The molecule has 37 heavy (non-hydrogen) atoms. The SMILES string of the molecule is CCCCO.COc1cc(CCN(C)CCCC(C#N)(c2ccc(OC)c(OC)c2)C(C)C)ccc1O. The molecule has 0 aliphatic carbocycles. The van der Waals surface area contributed by atoms with Crippen LogP contribution in [0.4, 0.5) is 0 Å². The lowest BCUT2D eigenvalue weighted by atomic mass is 9.69. The summed E-state index contributed by atoms with van der Waals surface area (Å²) in [5.41, 5.74) is 1.49. The van der Waals surface area contributed by atoms with E-state index in [4.69, 9.17) is 19.3 Å². The number of hydrogen-bond acceptors (Lipinski definition) is 7. The number of phenols is 1. The highest BCUT2D eigenvalue weighted by Gasteiger charge is 2.36. The first kappa shape index (κ1) is 32.1. The van der Waals surface area contributed by atoms with Crippen molar-refractivity contribution in [2.45, 2.75) is 58.3 Å². The quantitative estimate of drug-likeness (QED) is 0.340. The smallest absolute Gasteiger partial charge is 0.161 e. The van der Waals surface area contributed by atoms with Crippen LogP contribution in [0.15, 0.2) is 36.4 Å². The molecule has 2 aromatic rings. The molecular weight excluding hydrogens is 468 g/mol. The van der Waals surface area contributed by atoms with E-state index >= 15 is 0 Å². The number of hydrogen-bond donors (Lipinski definition) is 2. The van der Waals surface area contributed by atoms with Gasteiger partial charge in [0.2, 0.25) is 0 Å². The highest BCUT2D eigenvalue weighted by molar-refractivity contribution is 5.47. The van der Waals surface area contributed by atoms with E-state index < -0.39 is 5.41 Å². The molecule has 0 amide bonds. The van der Waals surface area contributed by atoms with Crippen molar-refractivity contribution in [3.63, 3.8) is 0 Å². The van der Waals surface area contributed by atoms with Crippen LogP contribution in [0.5, 0.6) is 23.0 Å². The van der Waals surface area contributed by atoms with Crippen molar-refractivity contribution >= 4 is 0 Å². The lowest BCUT2D eigenvalue weighted by Gasteiger charge is -2.32. The molecule has 1 atom stereocenters. The normalized spacial score (nSPS) is 12.4. The third-order valence-electron chi connectivity index (χ3n) is 6.73. The van der Waals surface area contributed by atoms with Gasteiger partial charge < -0.3 is 29.3 Å². The van der Waals surface area contributed by atoms with Crippen molar-refractivity contribution < 1.29 is 24.4 Å². The van der Waals surface area contributed by atoms with Crippen LogP contribution >= 0.6 is 0 Å². The van der Waals surface area contributed by atoms with Crippen LogP contribution in [0.1, 0.15) is 57.6 Å². The predicted octanol–water partition coefficient (Wildman–Crippen LogP) is 5.57. The first-order chi connectivity index (χ1) is 17.7. The van der Waals surface area contributed by atoms with Crippen LogP contribution in [0, 0.1) is 17.2 Å². The summed E-state index contributed by atoms with van der Waals surface area (Å²) in [5.74, 6) is 2.11. The summed E-state index contributed by atoms with van der Waals surface area (Å²) in [6.07, 6.45) is 4.55. The highest BCUT2D eigenvalue weighted by Crippen LogP contribution is 2.40. The van der Waals surface area contributed by atoms with Gasteiger partial charge in [0.15, 0.2) is 23.0 Å². The molecule has 0 aliphatic heterocycles. The zero-order chi connectivity index (χ0) is 27.8. The number of aliphatic hydroxyl groups is 1. The Bertz CT molecular complexity index is 971. The fourth-order valence-electron chi connectivity index (χ4n) is 4.22. The summed E-state index contributed by atoms with van der Waals surface area (Å²) in [7, 11) is 6.88. The van der Waals surface area contributed by atoms with Crippen LogP contribution in [-0.2, 0) is 11.8 Å². The Balaban J connectivity index is 0.00000124. The van der Waals surface area contributed by atoms with Crippen LogP contribution in [0.25, 0.3) is 0 Å². The summed E-state index contributed by atoms with van der Waals surface area (Å²) in [4.78, 5) is 2.27. The lowest BCUT2D eigenvalue weighted by molar-refractivity contribution is 0.287. The zero-order valence-electron chi connectivity index (χ0n) is 23.7. The summed E-state index contributed by atoms with van der Waals surface area (Å²) in [5, 5.41) is 28.0. The van der Waals surface area contributed by atoms with Crippen molar-refractivity contribution in [2.24, 2.45) is 5.92 Å². The maximum absolute atomic E-state index is 10.2. The Hall–Kier alpha value is -2.95. The number of aromatic hydroxyl groups is 1. The molecular formula is C30H46N2O5. The second-order valence-electron chi connectivity index (χ2n) is 9.55. The first-order valence-corrected chi connectivity index (χ1v) is 13.0. The molecule has 0 saturated carbocycles. The summed E-state index contributed by atoms with van der Waals surface area (Å²) >= 11 is 0. The number of phenolic OH excluding ortho intramolecular Hbond substituents is 1. The van der Waals surface area contributed by atoms with E-state index in [2.05, 4.69) is 38.8 Å². The van der Waals surface area contributed by atoms with E-state index in [9.17, 15) is 10.4 Å². The van der Waals surface area contributed by atoms with Gasteiger partial charge in [-0.3, -0.25) is 0 Å². The topological polar surface area (TPSA) is 95.2 Å². The van der Waals surface area contributed by atoms with Crippen molar-refractivity contribution in [3.05, 3.63) is 47.5 Å². The highest BCUT2D eigenvalue weighted by atomic mass is 16.5. The van der Waals surface area contributed by atoms with E-state index in [1.165, 1.54) is 0 Å². The average Bonchev–Trinajstić information content (AvgIpc) is 2.91. The predicted molar refractivity (Wildman–Crippen MR) is 149 cm³/mol. The molecule has 0 bridgehead atoms. The summed E-state index contributed by atoms with van der Waals surface area (Å²) in [6, 6.07) is 13.9. The van der Waals surface area contributed by atoms with Crippen molar-refractivity contribution in [1.82, 2.24) is 4.90 Å². The van der Waals surface area contributed by atoms with Crippen molar-refractivity contribution in [3.8, 4) is 29.1 Å². The lowest BCUT2D eigenvalue weighted by Crippen LogP contribution is -2.32. The van der Waals surface area contributed by atoms with Gasteiger partial charge in [0.05, 0.1) is 32.8 Å². The Morgan fingerprint density at radius 2 is 1.62 bits per heavy atom. The molecule has 206 valence electrons. The summed E-state index contributed by atoms with van der Waals surface area (Å²) < 4.78 is 16.0. The van der Waals surface area contributed by atoms with Gasteiger partial charge in [-0.25, -0.2) is 0 Å². The Morgan fingerprint density at radius 1 is 0.946 bits per heavy atom. The summed E-state index contributed by atoms with van der Waals surface area (Å²) in [6.45, 7) is 8.36. The van der Waals surface area contributed by atoms with E-state index in [-0.39, 0.29) is 11.7 Å². The fourth-order valence-corrected chi connectivity index (χ4v) is 4.22. The maximum atomic E-state index is 10.2. The van der Waals surface area contributed by atoms with Gasteiger partial charge in [-0.05, 0) is 80.6 Å². The van der Waals surface area contributed by atoms with E-state index in [0.29, 0.717) is 23.9 Å². The van der Waals surface area contributed by atoms with Gasteiger partial charge in [-0.2, -0.15) is 5.26 Å². The molecule has 2 N–H and O–H groups in total. The molecule has 7 heteroatoms. The second kappa shape index (κ2) is 16.7. The molecule has 0 aromatic heterocycles. The molecule has 2 aromatic carbocycles. The van der Waals surface area contributed by atoms with Crippen LogP contribution in [-0.4, -0.2) is 63.2 Å². The monoisotopic (exact) mass is 514 g/mol. The van der Waals surface area contributed by atoms with Gasteiger partial charge in [0.25, 0.3) is 0 Å². The Morgan fingerprint density at radius 3 is 2.14 bits per heavy atom. The molecule has 1 unspecified atom stereocenters. The van der Waals surface area contributed by atoms with Crippen LogP contribution < -0.4 is 14.2 Å². The molecule has 0 saturated heterocycles. The minimum absolute atomic E-state index is 0.153. The first-order valence-electron chi connectivity index (χ1n) is 13.0.